The molecule has 0 saturated carbocycles. The van der Waals surface area contributed by atoms with Crippen molar-refractivity contribution in [3.63, 3.8) is 0 Å². The maximum atomic E-state index is 15.2. The molecular formula is C35H39FN4O7. The Balaban J connectivity index is 1.25. The van der Waals surface area contributed by atoms with Crippen molar-refractivity contribution in [2.45, 2.75) is 97.1 Å². The molecule has 47 heavy (non-hydrogen) atoms. The molecule has 1 fully saturated rings. The molecule has 2 amide bonds. The highest BCUT2D eigenvalue weighted by molar-refractivity contribution is 5.94. The maximum absolute atomic E-state index is 15.2. The van der Waals surface area contributed by atoms with Gasteiger partial charge < -0.3 is 29.4 Å². The van der Waals surface area contributed by atoms with Crippen LogP contribution in [0, 0.1) is 18.7 Å². The van der Waals surface area contributed by atoms with Gasteiger partial charge in [-0.2, -0.15) is 0 Å². The second-order valence-electron chi connectivity index (χ2n) is 14.3. The highest BCUT2D eigenvalue weighted by Gasteiger charge is 2.46. The number of likely N-dealkylation sites (tertiary alicyclic amines) is 1. The molecule has 11 nitrogen and oxygen atoms in total. The second-order valence-corrected chi connectivity index (χ2v) is 14.3. The molecular weight excluding hydrogens is 607 g/mol. The van der Waals surface area contributed by atoms with Gasteiger partial charge in [-0.05, 0) is 82.1 Å². The number of benzene rings is 1. The third kappa shape index (κ3) is 4.99. The number of hydrogen-bond acceptors (Lipinski definition) is 8. The van der Waals surface area contributed by atoms with Gasteiger partial charge in [-0.25, -0.2) is 19.0 Å². The Morgan fingerprint density at radius 3 is 2.68 bits per heavy atom. The van der Waals surface area contributed by atoms with Crippen LogP contribution < -0.4 is 10.9 Å². The number of amides is 2. The number of aromatic nitrogens is 2. The summed E-state index contributed by atoms with van der Waals surface area (Å²) in [6.45, 7) is 9.73. The van der Waals surface area contributed by atoms with Gasteiger partial charge in [0, 0.05) is 42.1 Å². The monoisotopic (exact) mass is 646 g/mol. The summed E-state index contributed by atoms with van der Waals surface area (Å²) in [5.41, 5.74) is 1.69. The summed E-state index contributed by atoms with van der Waals surface area (Å²) in [5, 5.41) is 15.3. The SMILES string of the molecule is CC[C@@]1(O)C(=O)OCc2c1cc1n(c2=O)Cc2c-1nc1cc(F)c(C)c3c1c2[C@@H](NC(=O)C[C@H]1CCN(C(=O)OC(C)(C)C)C1)CC3. The first-order valence-electron chi connectivity index (χ1n) is 16.3. The van der Waals surface area contributed by atoms with E-state index in [1.807, 2.05) is 20.8 Å². The van der Waals surface area contributed by atoms with Crippen LogP contribution in [0.15, 0.2) is 16.9 Å². The summed E-state index contributed by atoms with van der Waals surface area (Å²) in [4.78, 5) is 59.1. The molecule has 3 atom stereocenters. The van der Waals surface area contributed by atoms with Crippen LogP contribution in [0.5, 0.6) is 0 Å². The van der Waals surface area contributed by atoms with Crippen molar-refractivity contribution in [2.75, 3.05) is 13.1 Å². The largest absolute Gasteiger partial charge is 0.458 e. The van der Waals surface area contributed by atoms with E-state index in [1.54, 1.807) is 29.4 Å². The molecule has 5 heterocycles. The van der Waals surface area contributed by atoms with E-state index in [0.717, 1.165) is 22.1 Å². The molecule has 12 heteroatoms. The number of cyclic esters (lactones) is 1. The lowest BCUT2D eigenvalue weighted by molar-refractivity contribution is -0.172. The standard InChI is InChI=1S/C35H39FN4O7/c1-6-35(45)22-12-26-30-20(15-40(26)31(42)21(22)16-46-32(35)43)29-24(8-7-19-17(2)23(36)13-25(38-30)28(19)29)37-27(41)11-18-9-10-39(14-18)33(44)47-34(3,4)5/h12-13,18,24,45H,6-11,14-16H2,1-5H3,(H,37,41)/t18-,24+,35+/m1/s1. The van der Waals surface area contributed by atoms with Crippen molar-refractivity contribution >= 4 is 28.9 Å². The molecule has 0 radical (unpaired) electrons. The van der Waals surface area contributed by atoms with E-state index >= 15 is 4.39 Å². The quantitative estimate of drug-likeness (QED) is 0.313. The van der Waals surface area contributed by atoms with E-state index in [0.29, 0.717) is 54.8 Å². The number of fused-ring (bicyclic) bond motifs is 5. The Morgan fingerprint density at radius 1 is 1.19 bits per heavy atom. The Kier molecular flexibility index (Phi) is 7.23. The van der Waals surface area contributed by atoms with Gasteiger partial charge in [0.05, 0.1) is 35.1 Å². The lowest BCUT2D eigenvalue weighted by Gasteiger charge is -2.31. The van der Waals surface area contributed by atoms with Crippen molar-refractivity contribution in [1.82, 2.24) is 19.8 Å². The van der Waals surface area contributed by atoms with Crippen molar-refractivity contribution < 1.29 is 33.4 Å². The molecule has 3 aliphatic heterocycles. The van der Waals surface area contributed by atoms with Crippen LogP contribution in [0.3, 0.4) is 0 Å². The molecule has 7 rings (SSSR count). The lowest BCUT2D eigenvalue weighted by atomic mass is 9.81. The van der Waals surface area contributed by atoms with E-state index in [2.05, 4.69) is 5.32 Å². The zero-order chi connectivity index (χ0) is 33.6. The van der Waals surface area contributed by atoms with Crippen LogP contribution >= 0.6 is 0 Å². The lowest BCUT2D eigenvalue weighted by Crippen LogP contribution is -2.44. The Morgan fingerprint density at radius 2 is 1.96 bits per heavy atom. The van der Waals surface area contributed by atoms with Crippen molar-refractivity contribution in [1.29, 1.82) is 0 Å². The number of carbonyl (C=O) groups excluding carboxylic acids is 3. The van der Waals surface area contributed by atoms with Crippen molar-refractivity contribution in [2.24, 2.45) is 5.92 Å². The van der Waals surface area contributed by atoms with Crippen LogP contribution in [-0.4, -0.2) is 56.2 Å². The summed E-state index contributed by atoms with van der Waals surface area (Å²) in [6, 6.07) is 2.61. The molecule has 2 N–H and O–H groups in total. The van der Waals surface area contributed by atoms with E-state index in [9.17, 15) is 24.3 Å². The predicted molar refractivity (Wildman–Crippen MR) is 169 cm³/mol. The van der Waals surface area contributed by atoms with Crippen LogP contribution in [0.4, 0.5) is 9.18 Å². The minimum absolute atomic E-state index is 0.0173. The van der Waals surface area contributed by atoms with E-state index < -0.39 is 23.2 Å². The Labute approximate surface area is 271 Å². The molecule has 1 aliphatic carbocycles. The van der Waals surface area contributed by atoms with Gasteiger partial charge in [0.25, 0.3) is 5.56 Å². The Hall–Kier alpha value is -4.32. The normalized spacial score (nSPS) is 22.9. The number of halogens is 1. The number of aliphatic hydroxyl groups is 1. The van der Waals surface area contributed by atoms with E-state index in [-0.39, 0.29) is 66.4 Å². The first-order chi connectivity index (χ1) is 22.2. The highest BCUT2D eigenvalue weighted by atomic mass is 19.1. The first kappa shape index (κ1) is 31.3. The minimum atomic E-state index is -1.97. The van der Waals surface area contributed by atoms with E-state index in [4.69, 9.17) is 14.5 Å². The molecule has 2 aromatic heterocycles. The van der Waals surface area contributed by atoms with Crippen LogP contribution in [0.1, 0.15) is 92.8 Å². The van der Waals surface area contributed by atoms with Gasteiger partial charge in [0.2, 0.25) is 5.91 Å². The zero-order valence-electron chi connectivity index (χ0n) is 27.3. The maximum Gasteiger partial charge on any atom is 0.410 e. The number of rotatable bonds is 4. The summed E-state index contributed by atoms with van der Waals surface area (Å²) >= 11 is 0. The van der Waals surface area contributed by atoms with Gasteiger partial charge in [-0.3, -0.25) is 9.59 Å². The predicted octanol–water partition coefficient (Wildman–Crippen LogP) is 4.28. The average Bonchev–Trinajstić information content (AvgIpc) is 3.63. The summed E-state index contributed by atoms with van der Waals surface area (Å²) < 4.78 is 27.5. The van der Waals surface area contributed by atoms with Crippen LogP contribution in [0.2, 0.25) is 0 Å². The molecule has 0 spiro atoms. The average molecular weight is 647 g/mol. The van der Waals surface area contributed by atoms with Crippen molar-refractivity contribution in [3.05, 3.63) is 61.7 Å². The van der Waals surface area contributed by atoms with Crippen molar-refractivity contribution in [3.8, 4) is 11.4 Å². The fourth-order valence-corrected chi connectivity index (χ4v) is 7.71. The molecule has 0 unspecified atom stereocenters. The number of carbonyl (C=O) groups is 3. The number of ether oxygens (including phenoxy) is 2. The topological polar surface area (TPSA) is 140 Å². The van der Waals surface area contributed by atoms with Gasteiger partial charge in [-0.15, -0.1) is 0 Å². The van der Waals surface area contributed by atoms with Gasteiger partial charge in [-0.1, -0.05) is 6.92 Å². The third-order valence-electron chi connectivity index (χ3n) is 10.1. The number of hydrogen-bond donors (Lipinski definition) is 2. The zero-order valence-corrected chi connectivity index (χ0v) is 27.3. The fourth-order valence-electron chi connectivity index (χ4n) is 7.71. The smallest absolute Gasteiger partial charge is 0.410 e. The number of nitrogens with one attached hydrogen (secondary N) is 1. The van der Waals surface area contributed by atoms with Gasteiger partial charge >= 0.3 is 12.1 Å². The van der Waals surface area contributed by atoms with Crippen LogP contribution in [-0.2, 0) is 44.2 Å². The third-order valence-corrected chi connectivity index (χ3v) is 10.1. The summed E-state index contributed by atoms with van der Waals surface area (Å²) in [6.07, 6.45) is 1.63. The first-order valence-corrected chi connectivity index (χ1v) is 16.3. The van der Waals surface area contributed by atoms with Crippen LogP contribution in [0.25, 0.3) is 22.3 Å². The molecule has 1 saturated heterocycles. The summed E-state index contributed by atoms with van der Waals surface area (Å²) in [7, 11) is 0. The fraction of sp³-hybridized carbons (Fsp3) is 0.514. The molecule has 4 aliphatic rings. The van der Waals surface area contributed by atoms with E-state index in [1.165, 1.54) is 6.07 Å². The molecule has 3 aromatic rings. The number of aryl methyl sites for hydroxylation is 1. The number of pyridine rings is 2. The minimum Gasteiger partial charge on any atom is -0.458 e. The molecule has 1 aromatic carbocycles. The number of nitrogens with zero attached hydrogens (tertiary/aromatic N) is 3. The molecule has 0 bridgehead atoms. The van der Waals surface area contributed by atoms with Gasteiger partial charge in [0.1, 0.15) is 18.0 Å². The summed E-state index contributed by atoms with van der Waals surface area (Å²) in [5.74, 6) is -1.36. The highest BCUT2D eigenvalue weighted by Crippen LogP contribution is 2.46. The Bertz CT molecular complexity index is 1950. The number of esters is 1. The van der Waals surface area contributed by atoms with Gasteiger partial charge in [0.15, 0.2) is 5.60 Å². The second kappa shape index (κ2) is 10.9. The molecule has 248 valence electrons.